The van der Waals surface area contributed by atoms with E-state index >= 15 is 0 Å². The van der Waals surface area contributed by atoms with Crippen LogP contribution in [0.1, 0.15) is 11.4 Å². The summed E-state index contributed by atoms with van der Waals surface area (Å²) in [6, 6.07) is 16.1. The quantitative estimate of drug-likeness (QED) is 0.735. The minimum atomic E-state index is -0.266. The van der Waals surface area contributed by atoms with E-state index in [1.165, 1.54) is 0 Å². The number of nitrogens with one attached hydrogen (secondary N) is 1. The molecule has 0 radical (unpaired) electrons. The Labute approximate surface area is 131 Å². The average molecular weight is 308 g/mol. The number of rotatable bonds is 2. The zero-order valence-electron chi connectivity index (χ0n) is 11.4. The summed E-state index contributed by atoms with van der Waals surface area (Å²) in [6.07, 6.45) is 1.66. The summed E-state index contributed by atoms with van der Waals surface area (Å²) in [6.45, 7) is 0. The van der Waals surface area contributed by atoms with E-state index in [1.807, 2.05) is 0 Å². The topological polar surface area (TPSA) is 69.5 Å². The van der Waals surface area contributed by atoms with E-state index in [0.717, 1.165) is 5.56 Å². The van der Waals surface area contributed by atoms with Gasteiger partial charge in [0.2, 0.25) is 0 Å². The van der Waals surface area contributed by atoms with Crippen LogP contribution in [0.15, 0.2) is 53.3 Å². The zero-order valence-corrected chi connectivity index (χ0v) is 12.1. The van der Waals surface area contributed by atoms with Crippen LogP contribution in [0.3, 0.4) is 0 Å². The number of para-hydroxylation sites is 1. The van der Waals surface area contributed by atoms with Gasteiger partial charge in [-0.15, -0.1) is 0 Å². The molecule has 1 N–H and O–H groups in total. The molecule has 4 nitrogen and oxygen atoms in total. The third-order valence-corrected chi connectivity index (χ3v) is 3.42. The molecule has 0 saturated heterocycles. The molecule has 0 amide bonds. The lowest BCUT2D eigenvalue weighted by Gasteiger charge is -2.02. The number of allylic oxidation sites excluding steroid dienone is 1. The predicted octanol–water partition coefficient (Wildman–Crippen LogP) is 3.64. The van der Waals surface area contributed by atoms with Crippen molar-refractivity contribution in [1.82, 2.24) is 9.97 Å². The van der Waals surface area contributed by atoms with Crippen LogP contribution in [0.5, 0.6) is 0 Å². The number of aromatic amines is 1. The van der Waals surface area contributed by atoms with E-state index in [9.17, 15) is 10.1 Å². The number of H-pyrrole nitrogens is 1. The minimum absolute atomic E-state index is 0.251. The molecule has 1 aromatic heterocycles. The van der Waals surface area contributed by atoms with Gasteiger partial charge < -0.3 is 4.98 Å². The molecule has 0 aliphatic rings. The summed E-state index contributed by atoms with van der Waals surface area (Å²) in [7, 11) is 0. The van der Waals surface area contributed by atoms with E-state index in [0.29, 0.717) is 15.9 Å². The number of hydrogen-bond acceptors (Lipinski definition) is 3. The highest BCUT2D eigenvalue weighted by atomic mass is 35.5. The van der Waals surface area contributed by atoms with Gasteiger partial charge in [-0.3, -0.25) is 4.79 Å². The summed E-state index contributed by atoms with van der Waals surface area (Å²) >= 11 is 5.84. The third kappa shape index (κ3) is 2.76. The minimum Gasteiger partial charge on any atom is -0.305 e. The first-order chi connectivity index (χ1) is 10.7. The Morgan fingerprint density at radius 1 is 1.18 bits per heavy atom. The largest absolute Gasteiger partial charge is 0.305 e. The van der Waals surface area contributed by atoms with Crippen LogP contribution in [0.25, 0.3) is 22.6 Å². The Hall–Kier alpha value is -2.90. The molecule has 0 aliphatic heterocycles. The molecule has 22 heavy (non-hydrogen) atoms. The molecule has 5 heteroatoms. The van der Waals surface area contributed by atoms with Crippen molar-refractivity contribution < 1.29 is 0 Å². The molecular weight excluding hydrogens is 298 g/mol. The molecule has 0 saturated carbocycles. The van der Waals surface area contributed by atoms with Crippen molar-refractivity contribution >= 4 is 34.2 Å². The van der Waals surface area contributed by atoms with Gasteiger partial charge in [0.1, 0.15) is 6.07 Å². The van der Waals surface area contributed by atoms with Gasteiger partial charge in [-0.25, -0.2) is 4.98 Å². The molecule has 0 atom stereocenters. The molecule has 0 fully saturated rings. The summed E-state index contributed by atoms with van der Waals surface area (Å²) in [5, 5.41) is 10.5. The lowest BCUT2D eigenvalue weighted by molar-refractivity contribution is 1.13. The Morgan fingerprint density at radius 2 is 1.91 bits per heavy atom. The lowest BCUT2D eigenvalue weighted by Crippen LogP contribution is -2.11. The molecule has 0 bridgehead atoms. The summed E-state index contributed by atoms with van der Waals surface area (Å²) in [5.41, 5.74) is 1.37. The standard InChI is InChI=1S/C17H10ClN3O/c18-13-7-5-11(6-8-13)9-12(10-19)16-20-15-4-2-1-3-14(15)17(22)21-16/h1-9H,(H,20,21,22)/b12-9+. The van der Waals surface area contributed by atoms with Crippen LogP contribution in [-0.2, 0) is 0 Å². The Bertz CT molecular complexity index is 966. The van der Waals surface area contributed by atoms with Crippen molar-refractivity contribution in [2.75, 3.05) is 0 Å². The van der Waals surface area contributed by atoms with Crippen molar-refractivity contribution in [2.24, 2.45) is 0 Å². The Kier molecular flexibility index (Phi) is 3.73. The SMILES string of the molecule is N#C/C(=C\c1ccc(Cl)cc1)c1nc2ccccc2c(=O)[nH]1. The molecule has 0 unspecified atom stereocenters. The van der Waals surface area contributed by atoms with Crippen LogP contribution in [0, 0.1) is 11.3 Å². The molecule has 3 rings (SSSR count). The van der Waals surface area contributed by atoms with Crippen LogP contribution in [-0.4, -0.2) is 9.97 Å². The second kappa shape index (κ2) is 5.84. The van der Waals surface area contributed by atoms with Crippen molar-refractivity contribution in [3.63, 3.8) is 0 Å². The monoisotopic (exact) mass is 307 g/mol. The molecule has 1 heterocycles. The second-order valence-corrected chi connectivity index (χ2v) is 5.09. The van der Waals surface area contributed by atoms with Crippen LogP contribution in [0.4, 0.5) is 0 Å². The van der Waals surface area contributed by atoms with Gasteiger partial charge in [0.25, 0.3) is 5.56 Å². The van der Waals surface area contributed by atoms with Gasteiger partial charge in [0.05, 0.1) is 16.5 Å². The van der Waals surface area contributed by atoms with Gasteiger partial charge in [-0.2, -0.15) is 5.26 Å². The molecule has 3 aromatic rings. The number of halogens is 1. The maximum absolute atomic E-state index is 12.1. The molecule has 0 spiro atoms. The molecule has 106 valence electrons. The van der Waals surface area contributed by atoms with Crippen LogP contribution >= 0.6 is 11.6 Å². The molecule has 2 aromatic carbocycles. The fraction of sp³-hybridized carbons (Fsp3) is 0. The normalized spacial score (nSPS) is 11.4. The van der Waals surface area contributed by atoms with Crippen molar-refractivity contribution in [3.05, 3.63) is 75.3 Å². The van der Waals surface area contributed by atoms with E-state index < -0.39 is 0 Å². The average Bonchev–Trinajstić information content (AvgIpc) is 2.54. The summed E-state index contributed by atoms with van der Waals surface area (Å²) in [5.74, 6) is 0.251. The predicted molar refractivity (Wildman–Crippen MR) is 87.3 cm³/mol. The Morgan fingerprint density at radius 3 is 2.64 bits per heavy atom. The van der Waals surface area contributed by atoms with Crippen LogP contribution < -0.4 is 5.56 Å². The van der Waals surface area contributed by atoms with Crippen molar-refractivity contribution in [1.29, 1.82) is 5.26 Å². The van der Waals surface area contributed by atoms with Crippen molar-refractivity contribution in [2.45, 2.75) is 0 Å². The first-order valence-corrected chi connectivity index (χ1v) is 6.92. The van der Waals surface area contributed by atoms with Gasteiger partial charge >= 0.3 is 0 Å². The van der Waals surface area contributed by atoms with E-state index in [4.69, 9.17) is 11.6 Å². The number of hydrogen-bond donors (Lipinski definition) is 1. The number of fused-ring (bicyclic) bond motifs is 1. The maximum Gasteiger partial charge on any atom is 0.259 e. The number of benzene rings is 2. The van der Waals surface area contributed by atoms with Gasteiger partial charge in [-0.05, 0) is 35.9 Å². The second-order valence-electron chi connectivity index (χ2n) is 4.65. The fourth-order valence-corrected chi connectivity index (χ4v) is 2.22. The Balaban J connectivity index is 2.13. The number of nitrogens with zero attached hydrogens (tertiary/aromatic N) is 2. The van der Waals surface area contributed by atoms with Crippen molar-refractivity contribution in [3.8, 4) is 6.07 Å². The summed E-state index contributed by atoms with van der Waals surface area (Å²) < 4.78 is 0. The van der Waals surface area contributed by atoms with E-state index in [-0.39, 0.29) is 17.0 Å². The first kappa shape index (κ1) is 14.1. The zero-order chi connectivity index (χ0) is 15.5. The fourth-order valence-electron chi connectivity index (χ4n) is 2.09. The maximum atomic E-state index is 12.1. The van der Waals surface area contributed by atoms with Gasteiger partial charge in [0.15, 0.2) is 5.82 Å². The van der Waals surface area contributed by atoms with E-state index in [2.05, 4.69) is 16.0 Å². The molecular formula is C17H10ClN3O. The number of nitriles is 1. The first-order valence-electron chi connectivity index (χ1n) is 6.54. The number of aromatic nitrogens is 2. The van der Waals surface area contributed by atoms with E-state index in [1.54, 1.807) is 54.6 Å². The van der Waals surface area contributed by atoms with Crippen LogP contribution in [0.2, 0.25) is 5.02 Å². The highest BCUT2D eigenvalue weighted by Gasteiger charge is 2.07. The lowest BCUT2D eigenvalue weighted by atomic mass is 10.1. The smallest absolute Gasteiger partial charge is 0.259 e. The summed E-state index contributed by atoms with van der Waals surface area (Å²) in [4.78, 5) is 19.1. The van der Waals surface area contributed by atoms with Gasteiger partial charge in [0, 0.05) is 5.02 Å². The third-order valence-electron chi connectivity index (χ3n) is 3.17. The highest BCUT2D eigenvalue weighted by molar-refractivity contribution is 6.30. The molecule has 0 aliphatic carbocycles. The van der Waals surface area contributed by atoms with Gasteiger partial charge in [-0.1, -0.05) is 35.9 Å². The highest BCUT2D eigenvalue weighted by Crippen LogP contribution is 2.17.